The molecule has 1 fully saturated rings. The second-order valence-corrected chi connectivity index (χ2v) is 9.64. The zero-order chi connectivity index (χ0) is 26.2. The summed E-state index contributed by atoms with van der Waals surface area (Å²) in [5.74, 6) is 1.48. The van der Waals surface area contributed by atoms with Crippen molar-refractivity contribution in [2.24, 2.45) is 5.92 Å². The molecule has 38 heavy (non-hydrogen) atoms. The van der Waals surface area contributed by atoms with E-state index in [9.17, 15) is 9.90 Å². The van der Waals surface area contributed by atoms with Crippen molar-refractivity contribution in [1.82, 2.24) is 14.9 Å². The molecule has 1 aliphatic heterocycles. The van der Waals surface area contributed by atoms with Crippen LogP contribution >= 0.6 is 0 Å². The molecule has 8 heteroatoms. The summed E-state index contributed by atoms with van der Waals surface area (Å²) in [4.78, 5) is 22.0. The molecule has 198 valence electrons. The molecule has 1 saturated heterocycles. The molecule has 1 atom stereocenters. The molecule has 1 aliphatic rings. The second-order valence-electron chi connectivity index (χ2n) is 9.64. The fourth-order valence-electron chi connectivity index (χ4n) is 4.70. The number of benzene rings is 2. The van der Waals surface area contributed by atoms with Gasteiger partial charge in [-0.25, -0.2) is 9.78 Å². The SMILES string of the molecule is O=C(OCc1cc2c(OCC(O)CN3CCC(COc4ccccn4)CC3)cccc2[nH]1)c1ccccc1. The molecule has 2 N–H and O–H groups in total. The van der Waals surface area contributed by atoms with Crippen LogP contribution in [0, 0.1) is 5.92 Å². The predicted octanol–water partition coefficient (Wildman–Crippen LogP) is 4.45. The summed E-state index contributed by atoms with van der Waals surface area (Å²) < 4.78 is 17.3. The molecular weight excluding hydrogens is 482 g/mol. The van der Waals surface area contributed by atoms with Gasteiger partial charge in [0.2, 0.25) is 5.88 Å². The van der Waals surface area contributed by atoms with E-state index in [-0.39, 0.29) is 19.2 Å². The van der Waals surface area contributed by atoms with Crippen molar-refractivity contribution in [2.75, 3.05) is 32.8 Å². The summed E-state index contributed by atoms with van der Waals surface area (Å²) in [7, 11) is 0. The molecule has 0 spiro atoms. The maximum Gasteiger partial charge on any atom is 0.338 e. The van der Waals surface area contributed by atoms with Crippen molar-refractivity contribution in [3.63, 3.8) is 0 Å². The van der Waals surface area contributed by atoms with Crippen LogP contribution in [0.2, 0.25) is 0 Å². The molecule has 8 nitrogen and oxygen atoms in total. The van der Waals surface area contributed by atoms with Crippen molar-refractivity contribution >= 4 is 16.9 Å². The summed E-state index contributed by atoms with van der Waals surface area (Å²) in [6, 6.07) is 22.3. The van der Waals surface area contributed by atoms with Crippen molar-refractivity contribution in [1.29, 1.82) is 0 Å². The van der Waals surface area contributed by atoms with Gasteiger partial charge in [-0.15, -0.1) is 0 Å². The highest BCUT2D eigenvalue weighted by Gasteiger charge is 2.22. The zero-order valence-corrected chi connectivity index (χ0v) is 21.3. The number of esters is 1. The van der Waals surface area contributed by atoms with E-state index in [1.165, 1.54) is 0 Å². The Morgan fingerprint density at radius 1 is 1.03 bits per heavy atom. The number of likely N-dealkylation sites (tertiary alicyclic amines) is 1. The average Bonchev–Trinajstić information content (AvgIpc) is 3.39. The number of fused-ring (bicyclic) bond motifs is 1. The minimum atomic E-state index is -0.600. The highest BCUT2D eigenvalue weighted by molar-refractivity contribution is 5.89. The quantitative estimate of drug-likeness (QED) is 0.285. The number of H-pyrrole nitrogens is 1. The number of β-amino-alcohol motifs (C(OH)–C–C–N with tert-alkyl or cyclic N) is 1. The number of aromatic nitrogens is 2. The molecule has 2 aromatic heterocycles. The van der Waals surface area contributed by atoms with E-state index in [0.29, 0.717) is 36.3 Å². The summed E-state index contributed by atoms with van der Waals surface area (Å²) in [6.07, 6.45) is 3.19. The summed E-state index contributed by atoms with van der Waals surface area (Å²) >= 11 is 0. The molecule has 0 bridgehead atoms. The van der Waals surface area contributed by atoms with Crippen LogP contribution in [0.25, 0.3) is 10.9 Å². The molecule has 2 aromatic carbocycles. The maximum atomic E-state index is 12.2. The van der Waals surface area contributed by atoms with Crippen molar-refractivity contribution in [2.45, 2.75) is 25.6 Å². The van der Waals surface area contributed by atoms with E-state index in [2.05, 4.69) is 14.9 Å². The topological polar surface area (TPSA) is 96.9 Å². The van der Waals surface area contributed by atoms with Gasteiger partial charge >= 0.3 is 5.97 Å². The maximum absolute atomic E-state index is 12.2. The van der Waals surface area contributed by atoms with E-state index in [1.807, 2.05) is 48.5 Å². The Morgan fingerprint density at radius 2 is 1.84 bits per heavy atom. The minimum absolute atomic E-state index is 0.132. The predicted molar refractivity (Wildman–Crippen MR) is 144 cm³/mol. The van der Waals surface area contributed by atoms with Gasteiger partial charge in [-0.3, -0.25) is 0 Å². The number of carbonyl (C=O) groups is 1. The van der Waals surface area contributed by atoms with Gasteiger partial charge < -0.3 is 29.2 Å². The monoisotopic (exact) mass is 515 g/mol. The number of pyridine rings is 1. The molecule has 1 unspecified atom stereocenters. The van der Waals surface area contributed by atoms with E-state index in [4.69, 9.17) is 14.2 Å². The summed E-state index contributed by atoms with van der Waals surface area (Å²) in [5.41, 5.74) is 2.18. The van der Waals surface area contributed by atoms with Crippen molar-refractivity contribution in [3.8, 4) is 11.6 Å². The molecule has 3 heterocycles. The fourth-order valence-corrected chi connectivity index (χ4v) is 4.70. The lowest BCUT2D eigenvalue weighted by atomic mass is 9.97. The Kier molecular flexibility index (Phi) is 8.53. The van der Waals surface area contributed by atoms with Crippen LogP contribution in [-0.4, -0.2) is 64.9 Å². The summed E-state index contributed by atoms with van der Waals surface area (Å²) in [6.45, 7) is 3.42. The largest absolute Gasteiger partial charge is 0.490 e. The Labute approximate surface area is 222 Å². The average molecular weight is 516 g/mol. The lowest BCUT2D eigenvalue weighted by Gasteiger charge is -2.32. The first-order chi connectivity index (χ1) is 18.6. The molecular formula is C30H33N3O5. The Bertz CT molecular complexity index is 1300. The molecule has 0 saturated carbocycles. The third-order valence-corrected chi connectivity index (χ3v) is 6.76. The number of piperidine rings is 1. The van der Waals surface area contributed by atoms with Crippen molar-refractivity contribution < 1.29 is 24.1 Å². The standard InChI is InChI=1S/C30H33N3O5/c34-25(18-33-15-12-22(13-16-33)19-37-29-11-4-5-14-31-29)21-36-28-10-6-9-27-26(28)17-24(32-27)20-38-30(35)23-7-2-1-3-8-23/h1-11,14,17,22,25,32,34H,12-13,15-16,18-21H2. The smallest absolute Gasteiger partial charge is 0.338 e. The van der Waals surface area contributed by atoms with Crippen LogP contribution < -0.4 is 9.47 Å². The number of nitrogens with one attached hydrogen (secondary N) is 1. The highest BCUT2D eigenvalue weighted by Crippen LogP contribution is 2.27. The lowest BCUT2D eigenvalue weighted by Crippen LogP contribution is -2.41. The molecule has 0 amide bonds. The lowest BCUT2D eigenvalue weighted by molar-refractivity contribution is 0.0468. The fraction of sp³-hybridized carbons (Fsp3) is 0.333. The normalized spacial score (nSPS) is 15.3. The first kappa shape index (κ1) is 25.8. The van der Waals surface area contributed by atoms with Gasteiger partial charge in [-0.1, -0.05) is 30.3 Å². The van der Waals surface area contributed by atoms with Gasteiger partial charge in [0.05, 0.1) is 17.9 Å². The van der Waals surface area contributed by atoms with E-state index < -0.39 is 6.10 Å². The van der Waals surface area contributed by atoms with Gasteiger partial charge in [0, 0.05) is 29.7 Å². The third-order valence-electron chi connectivity index (χ3n) is 6.76. The molecule has 4 aromatic rings. The first-order valence-corrected chi connectivity index (χ1v) is 13.0. The number of ether oxygens (including phenoxy) is 3. The number of nitrogens with zero attached hydrogens (tertiary/aromatic N) is 2. The Balaban J connectivity index is 1.07. The van der Waals surface area contributed by atoms with Crippen LogP contribution in [0.3, 0.4) is 0 Å². The molecule has 5 rings (SSSR count). The Hall–Kier alpha value is -3.88. The van der Waals surface area contributed by atoms with Gasteiger partial charge in [-0.2, -0.15) is 0 Å². The number of aromatic amines is 1. The van der Waals surface area contributed by atoms with Crippen LogP contribution in [0.5, 0.6) is 11.6 Å². The van der Waals surface area contributed by atoms with Crippen LogP contribution in [0.1, 0.15) is 28.9 Å². The second kappa shape index (κ2) is 12.6. The number of rotatable bonds is 11. The number of hydrogen-bond donors (Lipinski definition) is 2. The molecule has 0 aliphatic carbocycles. The number of carbonyl (C=O) groups excluding carboxylic acids is 1. The number of aliphatic hydroxyl groups excluding tert-OH is 1. The van der Waals surface area contributed by atoms with Crippen LogP contribution in [0.4, 0.5) is 0 Å². The highest BCUT2D eigenvalue weighted by atomic mass is 16.5. The van der Waals surface area contributed by atoms with Gasteiger partial charge in [0.25, 0.3) is 0 Å². The third kappa shape index (κ3) is 6.90. The molecule has 0 radical (unpaired) electrons. The van der Waals surface area contributed by atoms with Crippen LogP contribution in [-0.2, 0) is 11.3 Å². The van der Waals surface area contributed by atoms with Gasteiger partial charge in [0.15, 0.2) is 0 Å². The zero-order valence-electron chi connectivity index (χ0n) is 21.3. The summed E-state index contributed by atoms with van der Waals surface area (Å²) in [5, 5.41) is 11.5. The number of aliphatic hydroxyl groups is 1. The number of hydrogen-bond acceptors (Lipinski definition) is 7. The van der Waals surface area contributed by atoms with E-state index in [0.717, 1.165) is 42.5 Å². The van der Waals surface area contributed by atoms with Gasteiger partial charge in [0.1, 0.15) is 25.1 Å². The first-order valence-electron chi connectivity index (χ1n) is 13.0. The van der Waals surface area contributed by atoms with Crippen LogP contribution in [0.15, 0.2) is 79.0 Å². The Morgan fingerprint density at radius 3 is 2.63 bits per heavy atom. The minimum Gasteiger partial charge on any atom is -0.490 e. The van der Waals surface area contributed by atoms with Gasteiger partial charge in [-0.05, 0) is 68.2 Å². The van der Waals surface area contributed by atoms with Crippen molar-refractivity contribution in [3.05, 3.63) is 90.3 Å². The van der Waals surface area contributed by atoms with E-state index >= 15 is 0 Å². The van der Waals surface area contributed by atoms with E-state index in [1.54, 1.807) is 30.5 Å².